The molecule has 0 aromatic carbocycles. The normalized spacial score (nSPS) is 10.7. The van der Waals surface area contributed by atoms with Gasteiger partial charge in [-0.25, -0.2) is 23.0 Å². The van der Waals surface area contributed by atoms with Gasteiger partial charge < -0.3 is 0 Å². The molecule has 0 spiro atoms. The van der Waals surface area contributed by atoms with E-state index in [-0.39, 0.29) is 0 Å². The highest BCUT2D eigenvalue weighted by Gasteiger charge is 1.97. The van der Waals surface area contributed by atoms with Crippen molar-refractivity contribution in [1.29, 1.82) is 0 Å². The van der Waals surface area contributed by atoms with E-state index in [0.717, 1.165) is 5.78 Å². The Morgan fingerprint density at radius 1 is 0.933 bits per heavy atom. The van der Waals surface area contributed by atoms with Crippen LogP contribution in [0.15, 0.2) is 36.9 Å². The quantitative estimate of drug-likeness (QED) is 0.421. The van der Waals surface area contributed by atoms with Crippen molar-refractivity contribution in [1.82, 2.24) is 9.97 Å². The molecule has 0 bridgehead atoms. The first kappa shape index (κ1) is 11.7. The van der Waals surface area contributed by atoms with Crippen molar-refractivity contribution >= 4 is 5.78 Å². The van der Waals surface area contributed by atoms with E-state index in [9.17, 15) is 0 Å². The number of halogens is 1. The number of fused-ring (bicyclic) bond motifs is 1. The number of nitrogens with zero attached hydrogens (tertiary/aromatic N) is 3. The maximum Gasteiger partial charge on any atom is 0.437 e. The first-order valence-corrected chi connectivity index (χ1v) is 4.89. The lowest BCUT2D eigenvalue weighted by Crippen LogP contribution is -2.68. The third-order valence-electron chi connectivity index (χ3n) is 1.28. The molecule has 80 valence electrons. The summed E-state index contributed by atoms with van der Waals surface area (Å²) in [5.41, 5.74) is 0. The largest absolute Gasteiger partial charge is 0.437 e. The zero-order valence-corrected chi connectivity index (χ0v) is 8.07. The molecule has 0 radical (unpaired) electrons. The monoisotopic (exact) mass is 231 g/mol. The van der Waals surface area contributed by atoms with Crippen LogP contribution in [-0.4, -0.2) is 9.97 Å². The standard InChI is InChI=1S/C7H6N3.ClHO4/c1-3-8-7-9-4-2-6-10(7)5-1;2-1(3,4)5/h1-6H;(H,2,3,4,5)/q+1;/p-1. The van der Waals surface area contributed by atoms with Crippen LogP contribution in [0.4, 0.5) is 0 Å². The average molecular weight is 232 g/mol. The summed E-state index contributed by atoms with van der Waals surface area (Å²) >= 11 is 0. The Labute approximate surface area is 86.6 Å². The van der Waals surface area contributed by atoms with E-state index in [0.29, 0.717) is 0 Å². The molecule has 2 aromatic rings. The van der Waals surface area contributed by atoms with Crippen molar-refractivity contribution in [3.8, 4) is 0 Å². The molecular weight excluding hydrogens is 226 g/mol. The predicted molar refractivity (Wildman–Crippen MR) is 35.2 cm³/mol. The fourth-order valence-corrected chi connectivity index (χ4v) is 0.832. The van der Waals surface area contributed by atoms with E-state index in [1.807, 2.05) is 28.9 Å². The average Bonchev–Trinajstić information content (AvgIpc) is 2.16. The molecule has 0 N–H and O–H groups in total. The van der Waals surface area contributed by atoms with Gasteiger partial charge in [0.25, 0.3) is 0 Å². The van der Waals surface area contributed by atoms with Crippen molar-refractivity contribution in [3.63, 3.8) is 0 Å². The molecule has 0 aliphatic carbocycles. The summed E-state index contributed by atoms with van der Waals surface area (Å²) in [6, 6.07) is 3.74. The van der Waals surface area contributed by atoms with E-state index in [1.165, 1.54) is 0 Å². The third-order valence-corrected chi connectivity index (χ3v) is 1.28. The van der Waals surface area contributed by atoms with Crippen LogP contribution in [0.3, 0.4) is 0 Å². The second-order valence-corrected chi connectivity index (χ2v) is 3.08. The van der Waals surface area contributed by atoms with E-state index in [4.69, 9.17) is 18.6 Å². The van der Waals surface area contributed by atoms with Crippen LogP contribution in [0.2, 0.25) is 0 Å². The number of aromatic nitrogens is 3. The third kappa shape index (κ3) is 5.15. The van der Waals surface area contributed by atoms with Crippen molar-refractivity contribution in [2.24, 2.45) is 0 Å². The van der Waals surface area contributed by atoms with Crippen LogP contribution < -0.4 is 23.0 Å². The summed E-state index contributed by atoms with van der Waals surface area (Å²) in [4.78, 5) is 8.07. The van der Waals surface area contributed by atoms with Gasteiger partial charge in [-0.1, -0.05) is 9.97 Å². The molecule has 0 saturated heterocycles. The summed E-state index contributed by atoms with van der Waals surface area (Å²) in [5.74, 6) is 0.727. The Bertz CT molecular complexity index is 362. The number of hydrogen-bond acceptors (Lipinski definition) is 6. The molecule has 0 amide bonds. The zero-order chi connectivity index (χ0) is 11.3. The second kappa shape index (κ2) is 4.91. The Balaban J connectivity index is 0.000000195. The summed E-state index contributed by atoms with van der Waals surface area (Å²) in [6.45, 7) is 0. The van der Waals surface area contributed by atoms with E-state index in [2.05, 4.69) is 9.97 Å². The summed E-state index contributed by atoms with van der Waals surface area (Å²) in [6.07, 6.45) is 7.27. The Morgan fingerprint density at radius 2 is 1.33 bits per heavy atom. The second-order valence-electron chi connectivity index (χ2n) is 2.32. The van der Waals surface area contributed by atoms with Gasteiger partial charge in [-0.3, -0.25) is 0 Å². The van der Waals surface area contributed by atoms with Gasteiger partial charge in [0.15, 0.2) is 0 Å². The van der Waals surface area contributed by atoms with Gasteiger partial charge in [0.1, 0.15) is 12.4 Å². The predicted octanol–water partition coefficient (Wildman–Crippen LogP) is -4.54. The van der Waals surface area contributed by atoms with Crippen molar-refractivity contribution in [2.75, 3.05) is 0 Å². The zero-order valence-electron chi connectivity index (χ0n) is 7.32. The van der Waals surface area contributed by atoms with Gasteiger partial charge in [-0.2, -0.15) is 0 Å². The Kier molecular flexibility index (Phi) is 3.83. The molecule has 0 aliphatic rings. The molecular formula is C7H6ClN3O4. The minimum atomic E-state index is -4.94. The molecule has 0 aliphatic heterocycles. The van der Waals surface area contributed by atoms with Gasteiger partial charge in [0, 0.05) is 12.1 Å². The van der Waals surface area contributed by atoms with Crippen molar-refractivity contribution in [2.45, 2.75) is 0 Å². The molecule has 0 saturated carbocycles. The molecule has 2 rings (SSSR count). The van der Waals surface area contributed by atoms with Gasteiger partial charge in [-0.15, -0.1) is 10.2 Å². The van der Waals surface area contributed by atoms with Crippen LogP contribution in [0, 0.1) is 10.2 Å². The first-order valence-electron chi connectivity index (χ1n) is 3.65. The lowest BCUT2D eigenvalue weighted by Gasteiger charge is -2.17. The molecule has 2 aromatic heterocycles. The highest BCUT2D eigenvalue weighted by Crippen LogP contribution is 1.81. The minimum absolute atomic E-state index is 0.727. The highest BCUT2D eigenvalue weighted by molar-refractivity contribution is 5.11. The lowest BCUT2D eigenvalue weighted by molar-refractivity contribution is -2.00. The Morgan fingerprint density at radius 3 is 1.67 bits per heavy atom. The summed E-state index contributed by atoms with van der Waals surface area (Å²) in [5, 5.41) is 0. The fourth-order valence-electron chi connectivity index (χ4n) is 0.832. The van der Waals surface area contributed by atoms with Crippen molar-refractivity contribution < 1.29 is 33.3 Å². The first-order chi connectivity index (χ1) is 6.97. The van der Waals surface area contributed by atoms with Gasteiger partial charge >= 0.3 is 5.78 Å². The highest BCUT2D eigenvalue weighted by atomic mass is 35.7. The van der Waals surface area contributed by atoms with Gasteiger partial charge in [0.2, 0.25) is 0 Å². The van der Waals surface area contributed by atoms with Gasteiger partial charge in [-0.05, 0) is 0 Å². The van der Waals surface area contributed by atoms with Crippen LogP contribution in [0.5, 0.6) is 0 Å². The maximum absolute atomic E-state index is 8.49. The number of hydrogen-bond donors (Lipinski definition) is 0. The smallest absolute Gasteiger partial charge is 0.222 e. The maximum atomic E-state index is 8.49. The van der Waals surface area contributed by atoms with E-state index in [1.54, 1.807) is 12.4 Å². The van der Waals surface area contributed by atoms with E-state index < -0.39 is 10.2 Å². The van der Waals surface area contributed by atoms with Crippen LogP contribution >= 0.6 is 0 Å². The fraction of sp³-hybridized carbons (Fsp3) is 0. The molecule has 0 unspecified atom stereocenters. The SMILES string of the molecule is [O-][Cl+3]([O-])([O-])[O-].c1cnc2nccc[n+]2c1. The number of rotatable bonds is 0. The molecule has 7 nitrogen and oxygen atoms in total. The topological polar surface area (TPSA) is 122 Å². The summed E-state index contributed by atoms with van der Waals surface area (Å²) < 4.78 is 35.8. The van der Waals surface area contributed by atoms with Crippen LogP contribution in [0.25, 0.3) is 5.78 Å². The van der Waals surface area contributed by atoms with Crippen molar-refractivity contribution in [3.05, 3.63) is 36.9 Å². The van der Waals surface area contributed by atoms with Crippen LogP contribution in [-0.2, 0) is 0 Å². The van der Waals surface area contributed by atoms with Gasteiger partial charge in [0.05, 0.1) is 12.4 Å². The Hall–Kier alpha value is -1.38. The van der Waals surface area contributed by atoms with E-state index >= 15 is 0 Å². The van der Waals surface area contributed by atoms with Crippen LogP contribution in [0.1, 0.15) is 0 Å². The lowest BCUT2D eigenvalue weighted by atomic mass is 10.6. The molecule has 2 heterocycles. The minimum Gasteiger partial charge on any atom is -0.222 e. The molecule has 8 heteroatoms. The molecule has 0 fully saturated rings. The molecule has 0 atom stereocenters. The molecule has 15 heavy (non-hydrogen) atoms. The summed E-state index contributed by atoms with van der Waals surface area (Å²) in [7, 11) is -4.94.